The summed E-state index contributed by atoms with van der Waals surface area (Å²) >= 11 is 1.22. The lowest BCUT2D eigenvalue weighted by molar-refractivity contribution is -0.115. The van der Waals surface area contributed by atoms with Crippen LogP contribution in [0.3, 0.4) is 0 Å². The van der Waals surface area contributed by atoms with Gasteiger partial charge in [0.15, 0.2) is 5.16 Å². The number of nitrogens with zero attached hydrogens (tertiary/aromatic N) is 4. The van der Waals surface area contributed by atoms with Crippen LogP contribution >= 0.6 is 11.8 Å². The summed E-state index contributed by atoms with van der Waals surface area (Å²) in [6.45, 7) is 3.93. The third kappa shape index (κ3) is 5.28. The first kappa shape index (κ1) is 22.7. The fourth-order valence-electron chi connectivity index (χ4n) is 3.40. The number of para-hydroxylation sites is 1. The molecule has 0 aliphatic carbocycles. The van der Waals surface area contributed by atoms with Crippen LogP contribution in [0.15, 0.2) is 76.9 Å². The average molecular weight is 460 g/mol. The number of aromatic nitrogens is 4. The standard InChI is InChI=1S/C25H25N5O2S/c1-3-4-8-18-11-13-19(14-12-18)30-23(32)20-9-5-6-10-21(20)28-25(30)33-17(2)22(31)29-24-26-15-7-16-27-24/h5-7,9-17H,3-4,8H2,1-2H3,(H,26,27,29,31). The molecular formula is C25H25N5O2S. The maximum absolute atomic E-state index is 13.4. The van der Waals surface area contributed by atoms with Crippen LogP contribution in [-0.4, -0.2) is 30.7 Å². The van der Waals surface area contributed by atoms with Crippen molar-refractivity contribution in [2.45, 2.75) is 43.5 Å². The largest absolute Gasteiger partial charge is 0.294 e. The molecule has 4 rings (SSSR count). The molecule has 2 heterocycles. The molecule has 0 saturated carbocycles. The second-order valence-electron chi connectivity index (χ2n) is 7.64. The number of anilines is 1. The molecule has 1 amide bonds. The van der Waals surface area contributed by atoms with E-state index in [1.54, 1.807) is 36.0 Å². The molecule has 7 nitrogen and oxygen atoms in total. The first-order valence-corrected chi connectivity index (χ1v) is 11.8. The zero-order chi connectivity index (χ0) is 23.2. The van der Waals surface area contributed by atoms with Gasteiger partial charge in [-0.25, -0.2) is 15.0 Å². The number of amides is 1. The van der Waals surface area contributed by atoms with Crippen LogP contribution in [0.4, 0.5) is 5.95 Å². The molecule has 0 radical (unpaired) electrons. The zero-order valence-electron chi connectivity index (χ0n) is 18.6. The van der Waals surface area contributed by atoms with Crippen molar-refractivity contribution in [1.82, 2.24) is 19.5 Å². The van der Waals surface area contributed by atoms with Crippen molar-refractivity contribution in [3.63, 3.8) is 0 Å². The molecule has 0 saturated heterocycles. The lowest BCUT2D eigenvalue weighted by Crippen LogP contribution is -2.26. The minimum Gasteiger partial charge on any atom is -0.294 e. The Hall–Kier alpha value is -3.52. The molecule has 1 atom stereocenters. The highest BCUT2D eigenvalue weighted by molar-refractivity contribution is 8.00. The number of carbonyl (C=O) groups is 1. The van der Waals surface area contributed by atoms with E-state index in [1.807, 2.05) is 42.5 Å². The van der Waals surface area contributed by atoms with Gasteiger partial charge in [-0.15, -0.1) is 0 Å². The van der Waals surface area contributed by atoms with Crippen molar-refractivity contribution in [3.8, 4) is 5.69 Å². The van der Waals surface area contributed by atoms with Gasteiger partial charge in [0.1, 0.15) is 0 Å². The molecule has 0 fully saturated rings. The maximum atomic E-state index is 13.4. The number of rotatable bonds is 8. The summed E-state index contributed by atoms with van der Waals surface area (Å²) in [5, 5.41) is 3.16. The maximum Gasteiger partial charge on any atom is 0.266 e. The Labute approximate surface area is 196 Å². The molecule has 0 aliphatic heterocycles. The molecule has 1 N–H and O–H groups in total. The Bertz CT molecular complexity index is 1310. The number of benzene rings is 2. The molecule has 8 heteroatoms. The minimum atomic E-state index is -0.531. The van der Waals surface area contributed by atoms with Gasteiger partial charge in [0.25, 0.3) is 5.56 Å². The van der Waals surface area contributed by atoms with Gasteiger partial charge in [-0.1, -0.05) is 49.4 Å². The highest BCUT2D eigenvalue weighted by Gasteiger charge is 2.21. The molecule has 4 aromatic rings. The van der Waals surface area contributed by atoms with E-state index in [9.17, 15) is 9.59 Å². The highest BCUT2D eigenvalue weighted by Crippen LogP contribution is 2.26. The van der Waals surface area contributed by atoms with E-state index >= 15 is 0 Å². The van der Waals surface area contributed by atoms with Gasteiger partial charge in [-0.2, -0.15) is 0 Å². The molecule has 1 unspecified atom stereocenters. The molecule has 0 aliphatic rings. The molecule has 2 aromatic carbocycles. The van der Waals surface area contributed by atoms with Gasteiger partial charge < -0.3 is 0 Å². The van der Waals surface area contributed by atoms with Gasteiger partial charge >= 0.3 is 0 Å². The highest BCUT2D eigenvalue weighted by atomic mass is 32.2. The first-order chi connectivity index (χ1) is 16.1. The quantitative estimate of drug-likeness (QED) is 0.305. The van der Waals surface area contributed by atoms with E-state index in [0.717, 1.165) is 24.9 Å². The summed E-state index contributed by atoms with van der Waals surface area (Å²) in [4.78, 5) is 39.0. The second kappa shape index (κ2) is 10.4. The molecule has 2 aromatic heterocycles. The Balaban J connectivity index is 1.69. The van der Waals surface area contributed by atoms with Crippen molar-refractivity contribution in [3.05, 3.63) is 82.9 Å². The molecule has 0 bridgehead atoms. The van der Waals surface area contributed by atoms with Crippen molar-refractivity contribution < 1.29 is 4.79 Å². The minimum absolute atomic E-state index is 0.164. The molecule has 33 heavy (non-hydrogen) atoms. The number of fused-ring (bicyclic) bond motifs is 1. The van der Waals surface area contributed by atoms with E-state index in [4.69, 9.17) is 4.98 Å². The number of hydrogen-bond acceptors (Lipinski definition) is 6. The number of thioether (sulfide) groups is 1. The number of hydrogen-bond donors (Lipinski definition) is 1. The van der Waals surface area contributed by atoms with Gasteiger partial charge in [-0.3, -0.25) is 19.5 Å². The monoisotopic (exact) mass is 459 g/mol. The molecule has 0 spiro atoms. The van der Waals surface area contributed by atoms with E-state index < -0.39 is 5.25 Å². The number of nitrogens with one attached hydrogen (secondary N) is 1. The Kier molecular flexibility index (Phi) is 7.14. The van der Waals surface area contributed by atoms with Gasteiger partial charge in [0.05, 0.1) is 21.8 Å². The van der Waals surface area contributed by atoms with Crippen molar-refractivity contribution in [2.75, 3.05) is 5.32 Å². The smallest absolute Gasteiger partial charge is 0.266 e. The third-order valence-electron chi connectivity index (χ3n) is 5.21. The van der Waals surface area contributed by atoms with E-state index in [-0.39, 0.29) is 17.4 Å². The first-order valence-electron chi connectivity index (χ1n) is 10.9. The van der Waals surface area contributed by atoms with Crippen molar-refractivity contribution >= 4 is 34.5 Å². The molecular weight excluding hydrogens is 434 g/mol. The third-order valence-corrected chi connectivity index (χ3v) is 6.26. The van der Waals surface area contributed by atoms with E-state index in [0.29, 0.717) is 16.1 Å². The Morgan fingerprint density at radius 1 is 1.06 bits per heavy atom. The van der Waals surface area contributed by atoms with Crippen molar-refractivity contribution in [2.24, 2.45) is 0 Å². The number of unbranched alkanes of at least 4 members (excludes halogenated alkanes) is 1. The summed E-state index contributed by atoms with van der Waals surface area (Å²) in [6, 6.07) is 16.9. The lowest BCUT2D eigenvalue weighted by atomic mass is 10.1. The summed E-state index contributed by atoms with van der Waals surface area (Å²) in [7, 11) is 0. The SMILES string of the molecule is CCCCc1ccc(-n2c(SC(C)C(=O)Nc3ncccn3)nc3ccccc3c2=O)cc1. The second-order valence-corrected chi connectivity index (χ2v) is 8.95. The summed E-state index contributed by atoms with van der Waals surface area (Å²) in [5.41, 5.74) is 2.38. The van der Waals surface area contributed by atoms with E-state index in [2.05, 4.69) is 22.2 Å². The average Bonchev–Trinajstić information content (AvgIpc) is 2.84. The summed E-state index contributed by atoms with van der Waals surface area (Å²) in [6.07, 6.45) is 6.38. The summed E-state index contributed by atoms with van der Waals surface area (Å²) in [5.74, 6) is -0.0310. The van der Waals surface area contributed by atoms with Crippen LogP contribution in [-0.2, 0) is 11.2 Å². The Morgan fingerprint density at radius 2 is 1.79 bits per heavy atom. The lowest BCUT2D eigenvalue weighted by Gasteiger charge is -2.16. The van der Waals surface area contributed by atoms with E-state index in [1.165, 1.54) is 17.3 Å². The van der Waals surface area contributed by atoms with Gasteiger partial charge in [0.2, 0.25) is 11.9 Å². The van der Waals surface area contributed by atoms with Crippen LogP contribution in [0.2, 0.25) is 0 Å². The fourth-order valence-corrected chi connectivity index (χ4v) is 4.33. The van der Waals surface area contributed by atoms with Crippen LogP contribution in [0.1, 0.15) is 32.3 Å². The zero-order valence-corrected chi connectivity index (χ0v) is 19.4. The normalized spacial score (nSPS) is 11.9. The topological polar surface area (TPSA) is 89.8 Å². The van der Waals surface area contributed by atoms with Crippen molar-refractivity contribution in [1.29, 1.82) is 0 Å². The number of carbonyl (C=O) groups excluding carboxylic acids is 1. The van der Waals surface area contributed by atoms with Gasteiger partial charge in [-0.05, 0) is 55.7 Å². The number of aryl methyl sites for hydroxylation is 1. The van der Waals surface area contributed by atoms with Crippen LogP contribution in [0, 0.1) is 0 Å². The summed E-state index contributed by atoms with van der Waals surface area (Å²) < 4.78 is 1.58. The predicted octanol–water partition coefficient (Wildman–Crippen LogP) is 4.64. The van der Waals surface area contributed by atoms with Crippen LogP contribution in [0.25, 0.3) is 16.6 Å². The predicted molar refractivity (Wildman–Crippen MR) is 132 cm³/mol. The fraction of sp³-hybridized carbons (Fsp3) is 0.240. The van der Waals surface area contributed by atoms with Crippen LogP contribution in [0.5, 0.6) is 0 Å². The van der Waals surface area contributed by atoms with Gasteiger partial charge in [0, 0.05) is 12.4 Å². The molecule has 168 valence electrons. The Morgan fingerprint density at radius 3 is 2.52 bits per heavy atom. The van der Waals surface area contributed by atoms with Crippen LogP contribution < -0.4 is 10.9 Å².